The van der Waals surface area contributed by atoms with Crippen molar-refractivity contribution in [1.82, 2.24) is 9.97 Å². The highest BCUT2D eigenvalue weighted by Crippen LogP contribution is 2.28. The monoisotopic (exact) mass is 185 g/mol. The molecule has 14 heavy (non-hydrogen) atoms. The smallest absolute Gasteiger partial charge is 0.137 e. The van der Waals surface area contributed by atoms with Crippen molar-refractivity contribution in [2.24, 2.45) is 0 Å². The Labute approximate surface area is 82.4 Å². The molecule has 0 saturated heterocycles. The number of fused-ring (bicyclic) bond motifs is 1. The van der Waals surface area contributed by atoms with Crippen LogP contribution in [0.5, 0.6) is 0 Å². The Morgan fingerprint density at radius 3 is 3.00 bits per heavy atom. The van der Waals surface area contributed by atoms with E-state index in [1.54, 1.807) is 6.20 Å². The number of hydrogen-bond donors (Lipinski definition) is 1. The van der Waals surface area contributed by atoms with Crippen LogP contribution >= 0.6 is 0 Å². The van der Waals surface area contributed by atoms with E-state index < -0.39 is 5.41 Å². The molecule has 3 heteroatoms. The second-order valence-corrected chi connectivity index (χ2v) is 3.84. The van der Waals surface area contributed by atoms with Gasteiger partial charge in [-0.2, -0.15) is 5.26 Å². The molecule has 0 bridgehead atoms. The predicted octanol–water partition coefficient (Wildman–Crippen LogP) is 2.36. The summed E-state index contributed by atoms with van der Waals surface area (Å²) in [5.74, 6) is 0. The molecule has 2 rings (SSSR count). The minimum Gasteiger partial charge on any atom is -0.346 e. The third-order valence-electron chi connectivity index (χ3n) is 2.40. The van der Waals surface area contributed by atoms with Crippen molar-refractivity contribution < 1.29 is 0 Å². The van der Waals surface area contributed by atoms with Crippen molar-refractivity contribution in [1.29, 1.82) is 5.26 Å². The van der Waals surface area contributed by atoms with E-state index in [9.17, 15) is 0 Å². The average molecular weight is 185 g/mol. The van der Waals surface area contributed by atoms with Gasteiger partial charge in [-0.3, -0.25) is 0 Å². The van der Waals surface area contributed by atoms with Crippen LogP contribution in [0.15, 0.2) is 24.5 Å². The molecule has 2 heterocycles. The molecule has 0 amide bonds. The molecular formula is C11H11N3. The van der Waals surface area contributed by atoms with Crippen molar-refractivity contribution in [2.75, 3.05) is 0 Å². The SMILES string of the molecule is CC(C)(C#N)c1c[nH]c2ncccc12. The van der Waals surface area contributed by atoms with E-state index >= 15 is 0 Å². The molecule has 0 saturated carbocycles. The summed E-state index contributed by atoms with van der Waals surface area (Å²) in [6.07, 6.45) is 3.60. The van der Waals surface area contributed by atoms with E-state index in [-0.39, 0.29) is 0 Å². The maximum absolute atomic E-state index is 9.04. The summed E-state index contributed by atoms with van der Waals surface area (Å²) in [6.45, 7) is 3.81. The van der Waals surface area contributed by atoms with Gasteiger partial charge >= 0.3 is 0 Å². The van der Waals surface area contributed by atoms with Crippen molar-refractivity contribution in [2.45, 2.75) is 19.3 Å². The Hall–Kier alpha value is -1.82. The Kier molecular flexibility index (Phi) is 1.78. The van der Waals surface area contributed by atoms with Gasteiger partial charge in [0.1, 0.15) is 5.65 Å². The van der Waals surface area contributed by atoms with Gasteiger partial charge in [-0.15, -0.1) is 0 Å². The molecule has 0 aromatic carbocycles. The van der Waals surface area contributed by atoms with Crippen LogP contribution in [0.2, 0.25) is 0 Å². The molecule has 0 aliphatic carbocycles. The fraction of sp³-hybridized carbons (Fsp3) is 0.273. The van der Waals surface area contributed by atoms with Crippen molar-refractivity contribution in [3.8, 4) is 6.07 Å². The highest BCUT2D eigenvalue weighted by Gasteiger charge is 2.23. The molecule has 70 valence electrons. The highest BCUT2D eigenvalue weighted by molar-refractivity contribution is 5.81. The molecule has 0 unspecified atom stereocenters. The van der Waals surface area contributed by atoms with Crippen LogP contribution in [0.4, 0.5) is 0 Å². The van der Waals surface area contributed by atoms with Gasteiger partial charge in [0.2, 0.25) is 0 Å². The largest absolute Gasteiger partial charge is 0.346 e. The van der Waals surface area contributed by atoms with Crippen molar-refractivity contribution in [3.05, 3.63) is 30.1 Å². The Morgan fingerprint density at radius 2 is 2.29 bits per heavy atom. The quantitative estimate of drug-likeness (QED) is 0.741. The first kappa shape index (κ1) is 8.76. The second-order valence-electron chi connectivity index (χ2n) is 3.84. The maximum Gasteiger partial charge on any atom is 0.137 e. The van der Waals surface area contributed by atoms with Gasteiger partial charge in [-0.1, -0.05) is 0 Å². The number of aromatic amines is 1. The molecule has 0 fully saturated rings. The van der Waals surface area contributed by atoms with Crippen LogP contribution < -0.4 is 0 Å². The van der Waals surface area contributed by atoms with Crippen LogP contribution in [-0.2, 0) is 5.41 Å². The van der Waals surface area contributed by atoms with Gasteiger partial charge in [-0.25, -0.2) is 4.98 Å². The van der Waals surface area contributed by atoms with Crippen molar-refractivity contribution in [3.63, 3.8) is 0 Å². The predicted molar refractivity (Wildman–Crippen MR) is 54.7 cm³/mol. The third-order valence-corrected chi connectivity index (χ3v) is 2.40. The third kappa shape index (κ3) is 1.16. The minimum absolute atomic E-state index is 0.471. The summed E-state index contributed by atoms with van der Waals surface area (Å²) in [4.78, 5) is 7.25. The molecule has 0 aliphatic heterocycles. The zero-order valence-corrected chi connectivity index (χ0v) is 8.20. The lowest BCUT2D eigenvalue weighted by atomic mass is 9.86. The lowest BCUT2D eigenvalue weighted by Crippen LogP contribution is -2.12. The molecule has 3 nitrogen and oxygen atoms in total. The summed E-state index contributed by atoms with van der Waals surface area (Å²) in [5, 5.41) is 10.1. The molecule has 1 N–H and O–H groups in total. The first-order chi connectivity index (χ1) is 6.65. The summed E-state index contributed by atoms with van der Waals surface area (Å²) >= 11 is 0. The van der Waals surface area contributed by atoms with Crippen LogP contribution in [0.25, 0.3) is 11.0 Å². The first-order valence-corrected chi connectivity index (χ1v) is 4.49. The summed E-state index contributed by atoms with van der Waals surface area (Å²) in [7, 11) is 0. The van der Waals surface area contributed by atoms with Crippen LogP contribution in [0.3, 0.4) is 0 Å². The normalized spacial score (nSPS) is 11.5. The van der Waals surface area contributed by atoms with E-state index in [4.69, 9.17) is 5.26 Å². The number of nitrogens with one attached hydrogen (secondary N) is 1. The van der Waals surface area contributed by atoms with Gasteiger partial charge in [0.25, 0.3) is 0 Å². The van der Waals surface area contributed by atoms with E-state index in [1.165, 1.54) is 0 Å². The molecule has 0 radical (unpaired) electrons. The Morgan fingerprint density at radius 1 is 1.50 bits per heavy atom. The first-order valence-electron chi connectivity index (χ1n) is 4.49. The molecular weight excluding hydrogens is 174 g/mol. The summed E-state index contributed by atoms with van der Waals surface area (Å²) in [5.41, 5.74) is 1.37. The average Bonchev–Trinajstić information content (AvgIpc) is 2.61. The molecule has 0 atom stereocenters. The van der Waals surface area contributed by atoms with Gasteiger partial charge in [-0.05, 0) is 31.5 Å². The van der Waals surface area contributed by atoms with Gasteiger partial charge in [0.15, 0.2) is 0 Å². The number of H-pyrrole nitrogens is 1. The number of pyridine rings is 1. The molecule has 2 aromatic heterocycles. The highest BCUT2D eigenvalue weighted by atomic mass is 14.8. The van der Waals surface area contributed by atoms with Crippen LogP contribution in [-0.4, -0.2) is 9.97 Å². The Bertz CT molecular complexity index is 502. The number of aromatic nitrogens is 2. The number of nitrogens with zero attached hydrogens (tertiary/aromatic N) is 2. The number of rotatable bonds is 1. The molecule has 2 aromatic rings. The lowest BCUT2D eigenvalue weighted by molar-refractivity contribution is 0.693. The minimum atomic E-state index is -0.471. The summed E-state index contributed by atoms with van der Waals surface area (Å²) < 4.78 is 0. The van der Waals surface area contributed by atoms with E-state index in [0.29, 0.717) is 0 Å². The fourth-order valence-corrected chi connectivity index (χ4v) is 1.53. The Balaban J connectivity index is 2.72. The van der Waals surface area contributed by atoms with Crippen molar-refractivity contribution >= 4 is 11.0 Å². The maximum atomic E-state index is 9.04. The van der Waals surface area contributed by atoms with E-state index in [2.05, 4.69) is 16.0 Å². The van der Waals surface area contributed by atoms with Gasteiger partial charge in [0, 0.05) is 17.8 Å². The van der Waals surface area contributed by atoms with Crippen LogP contribution in [0.1, 0.15) is 19.4 Å². The zero-order valence-electron chi connectivity index (χ0n) is 8.20. The number of hydrogen-bond acceptors (Lipinski definition) is 2. The number of nitriles is 1. The summed E-state index contributed by atoms with van der Waals surface area (Å²) in [6, 6.07) is 6.15. The molecule has 0 spiro atoms. The van der Waals surface area contributed by atoms with Gasteiger partial charge < -0.3 is 4.98 Å². The fourth-order valence-electron chi connectivity index (χ4n) is 1.53. The zero-order chi connectivity index (χ0) is 10.2. The van der Waals surface area contributed by atoms with Gasteiger partial charge in [0.05, 0.1) is 11.5 Å². The lowest BCUT2D eigenvalue weighted by Gasteiger charge is -2.13. The molecule has 0 aliphatic rings. The standard InChI is InChI=1S/C11H11N3/c1-11(2,7-12)9-6-14-10-8(9)4-3-5-13-10/h3-6H,1-2H3,(H,13,14). The topological polar surface area (TPSA) is 52.5 Å². The van der Waals surface area contributed by atoms with E-state index in [0.717, 1.165) is 16.6 Å². The van der Waals surface area contributed by atoms with E-state index in [1.807, 2.05) is 32.2 Å². The second kappa shape index (κ2) is 2.85. The van der Waals surface area contributed by atoms with Crippen LogP contribution in [0, 0.1) is 11.3 Å².